The van der Waals surface area contributed by atoms with Gasteiger partial charge in [0.2, 0.25) is 0 Å². The molecule has 0 aromatic carbocycles. The first-order valence-corrected chi connectivity index (χ1v) is 3.69. The Morgan fingerprint density at radius 2 is 2.23 bits per heavy atom. The maximum atomic E-state index is 12.3. The molecule has 1 heterocycles. The molecule has 0 radical (unpaired) electrons. The van der Waals surface area contributed by atoms with Crippen molar-refractivity contribution in [2.45, 2.75) is 18.5 Å². The van der Waals surface area contributed by atoms with Gasteiger partial charge in [0.15, 0.2) is 0 Å². The predicted molar refractivity (Wildman–Crippen MR) is 40.3 cm³/mol. The van der Waals surface area contributed by atoms with Crippen LogP contribution in [0.3, 0.4) is 0 Å². The Morgan fingerprint density at radius 3 is 2.62 bits per heavy atom. The smallest absolute Gasteiger partial charge is 0.364 e. The van der Waals surface area contributed by atoms with Crippen LogP contribution >= 0.6 is 0 Å². The highest BCUT2D eigenvalue weighted by molar-refractivity contribution is 5.51. The first kappa shape index (κ1) is 9.83. The third-order valence-corrected chi connectivity index (χ3v) is 1.72. The van der Waals surface area contributed by atoms with Gasteiger partial charge in [-0.05, 0) is 12.1 Å². The molecule has 1 rings (SSSR count). The second-order valence-electron chi connectivity index (χ2n) is 2.62. The first-order chi connectivity index (χ1) is 6.05. The van der Waals surface area contributed by atoms with Gasteiger partial charge in [-0.1, -0.05) is 0 Å². The molecule has 5 heteroatoms. The Kier molecular flexibility index (Phi) is 2.75. The molecular formula is C8H8F3NO. The Morgan fingerprint density at radius 1 is 1.54 bits per heavy atom. The van der Waals surface area contributed by atoms with E-state index < -0.39 is 18.5 Å². The van der Waals surface area contributed by atoms with Crippen molar-refractivity contribution in [3.8, 4) is 0 Å². The molecule has 1 unspecified atom stereocenters. The zero-order chi connectivity index (χ0) is 9.90. The normalized spacial score (nSPS) is 14.1. The fourth-order valence-corrected chi connectivity index (χ4v) is 1.09. The lowest BCUT2D eigenvalue weighted by Crippen LogP contribution is -2.21. The van der Waals surface area contributed by atoms with Crippen molar-refractivity contribution in [1.82, 2.24) is 4.98 Å². The van der Waals surface area contributed by atoms with E-state index in [1.165, 1.54) is 18.3 Å². The maximum absolute atomic E-state index is 12.3. The SMILES string of the molecule is O=CCC(c1ccc[nH]1)C(F)(F)F. The number of rotatable bonds is 3. The van der Waals surface area contributed by atoms with Crippen molar-refractivity contribution in [3.63, 3.8) is 0 Å². The van der Waals surface area contributed by atoms with Crippen molar-refractivity contribution < 1.29 is 18.0 Å². The van der Waals surface area contributed by atoms with E-state index in [4.69, 9.17) is 0 Å². The number of aromatic amines is 1. The summed E-state index contributed by atoms with van der Waals surface area (Å²) in [5.74, 6) is -1.71. The number of nitrogens with one attached hydrogen (secondary N) is 1. The Bertz CT molecular complexity index is 265. The lowest BCUT2D eigenvalue weighted by Gasteiger charge is -2.16. The summed E-state index contributed by atoms with van der Waals surface area (Å²) in [6.07, 6.45) is -3.23. The highest BCUT2D eigenvalue weighted by Crippen LogP contribution is 2.35. The van der Waals surface area contributed by atoms with Crippen molar-refractivity contribution in [2.75, 3.05) is 0 Å². The van der Waals surface area contributed by atoms with Crippen LogP contribution in [-0.2, 0) is 4.79 Å². The van der Waals surface area contributed by atoms with Crippen LogP contribution in [0.2, 0.25) is 0 Å². The van der Waals surface area contributed by atoms with Crippen molar-refractivity contribution >= 4 is 6.29 Å². The number of hydrogen-bond acceptors (Lipinski definition) is 1. The van der Waals surface area contributed by atoms with E-state index in [9.17, 15) is 18.0 Å². The van der Waals surface area contributed by atoms with Gasteiger partial charge in [-0.3, -0.25) is 0 Å². The van der Waals surface area contributed by atoms with Gasteiger partial charge in [0.25, 0.3) is 0 Å². The van der Waals surface area contributed by atoms with Crippen LogP contribution in [0.5, 0.6) is 0 Å². The average Bonchev–Trinajstić information content (AvgIpc) is 2.49. The molecule has 0 aliphatic heterocycles. The fraction of sp³-hybridized carbons (Fsp3) is 0.375. The highest BCUT2D eigenvalue weighted by Gasteiger charge is 2.40. The molecule has 0 amide bonds. The number of carbonyl (C=O) groups is 1. The van der Waals surface area contributed by atoms with Gasteiger partial charge >= 0.3 is 6.18 Å². The Hall–Kier alpha value is -1.26. The summed E-state index contributed by atoms with van der Waals surface area (Å²) >= 11 is 0. The largest absolute Gasteiger partial charge is 0.397 e. The summed E-state index contributed by atoms with van der Waals surface area (Å²) in [5.41, 5.74) is 0.0274. The summed E-state index contributed by atoms with van der Waals surface area (Å²) in [4.78, 5) is 12.5. The van der Waals surface area contributed by atoms with E-state index in [0.717, 1.165) is 0 Å². The monoisotopic (exact) mass is 191 g/mol. The summed E-state index contributed by atoms with van der Waals surface area (Å²) in [6.45, 7) is 0. The molecule has 0 saturated heterocycles. The van der Waals surface area contributed by atoms with Crippen molar-refractivity contribution in [2.24, 2.45) is 0 Å². The van der Waals surface area contributed by atoms with Gasteiger partial charge in [-0.15, -0.1) is 0 Å². The van der Waals surface area contributed by atoms with E-state index in [1.54, 1.807) is 0 Å². The van der Waals surface area contributed by atoms with Crippen LogP contribution in [0.4, 0.5) is 13.2 Å². The number of aldehydes is 1. The molecule has 1 atom stereocenters. The standard InChI is InChI=1S/C8H8F3NO/c9-8(10,11)6(3-5-13)7-2-1-4-12-7/h1-2,4-6,12H,3H2. The topological polar surface area (TPSA) is 32.9 Å². The average molecular weight is 191 g/mol. The minimum atomic E-state index is -4.37. The molecule has 1 N–H and O–H groups in total. The van der Waals surface area contributed by atoms with E-state index in [1.807, 2.05) is 0 Å². The van der Waals surface area contributed by atoms with Gasteiger partial charge in [0, 0.05) is 18.3 Å². The molecule has 0 aliphatic rings. The Labute approximate surface area is 72.8 Å². The molecule has 2 nitrogen and oxygen atoms in total. The summed E-state index contributed by atoms with van der Waals surface area (Å²) in [5, 5.41) is 0. The molecule has 0 aliphatic carbocycles. The number of halogens is 3. The summed E-state index contributed by atoms with van der Waals surface area (Å²) in [7, 11) is 0. The van der Waals surface area contributed by atoms with E-state index in [0.29, 0.717) is 0 Å². The molecule has 1 aromatic rings. The number of aromatic nitrogens is 1. The van der Waals surface area contributed by atoms with E-state index in [2.05, 4.69) is 4.98 Å². The number of H-pyrrole nitrogens is 1. The van der Waals surface area contributed by atoms with Gasteiger partial charge in [0.1, 0.15) is 12.2 Å². The van der Waals surface area contributed by atoms with Gasteiger partial charge in [-0.25, -0.2) is 0 Å². The second kappa shape index (κ2) is 3.64. The zero-order valence-electron chi connectivity index (χ0n) is 6.64. The minimum Gasteiger partial charge on any atom is -0.364 e. The van der Waals surface area contributed by atoms with Gasteiger partial charge in [-0.2, -0.15) is 13.2 Å². The second-order valence-corrected chi connectivity index (χ2v) is 2.62. The molecule has 13 heavy (non-hydrogen) atoms. The lowest BCUT2D eigenvalue weighted by molar-refractivity contribution is -0.154. The molecule has 72 valence electrons. The third kappa shape index (κ3) is 2.34. The molecule has 1 aromatic heterocycles. The summed E-state index contributed by atoms with van der Waals surface area (Å²) in [6, 6.07) is 2.79. The molecular weight excluding hydrogens is 183 g/mol. The van der Waals surface area contributed by atoms with Crippen LogP contribution in [0.15, 0.2) is 18.3 Å². The minimum absolute atomic E-state index is 0.0274. The van der Waals surface area contributed by atoms with Crippen LogP contribution in [0, 0.1) is 0 Å². The van der Waals surface area contributed by atoms with Crippen molar-refractivity contribution in [3.05, 3.63) is 24.0 Å². The lowest BCUT2D eigenvalue weighted by atomic mass is 10.0. The van der Waals surface area contributed by atoms with Crippen LogP contribution < -0.4 is 0 Å². The van der Waals surface area contributed by atoms with E-state index >= 15 is 0 Å². The molecule has 0 bridgehead atoms. The number of carbonyl (C=O) groups excluding carboxylic acids is 1. The first-order valence-electron chi connectivity index (χ1n) is 3.69. The quantitative estimate of drug-likeness (QED) is 0.730. The molecule has 0 spiro atoms. The molecule has 0 fully saturated rings. The number of hydrogen-bond donors (Lipinski definition) is 1. The van der Waals surface area contributed by atoms with Crippen LogP contribution in [0.25, 0.3) is 0 Å². The van der Waals surface area contributed by atoms with Gasteiger partial charge < -0.3 is 9.78 Å². The van der Waals surface area contributed by atoms with Crippen LogP contribution in [-0.4, -0.2) is 17.4 Å². The highest BCUT2D eigenvalue weighted by atomic mass is 19.4. The van der Waals surface area contributed by atoms with E-state index in [-0.39, 0.29) is 12.0 Å². The number of alkyl halides is 3. The van der Waals surface area contributed by atoms with Crippen molar-refractivity contribution in [1.29, 1.82) is 0 Å². The van der Waals surface area contributed by atoms with Gasteiger partial charge in [0.05, 0.1) is 0 Å². The predicted octanol–water partition coefficient (Wildman–Crippen LogP) is 2.25. The molecule has 0 saturated carbocycles. The summed E-state index contributed by atoms with van der Waals surface area (Å²) < 4.78 is 36.9. The fourth-order valence-electron chi connectivity index (χ4n) is 1.09. The third-order valence-electron chi connectivity index (χ3n) is 1.72. The zero-order valence-corrected chi connectivity index (χ0v) is 6.64. The Balaban J connectivity index is 2.86. The van der Waals surface area contributed by atoms with Crippen LogP contribution in [0.1, 0.15) is 18.0 Å². The maximum Gasteiger partial charge on any atom is 0.397 e.